The van der Waals surface area contributed by atoms with Gasteiger partial charge in [-0.2, -0.15) is 0 Å². The van der Waals surface area contributed by atoms with Crippen LogP contribution in [0.15, 0.2) is 34.7 Å². The van der Waals surface area contributed by atoms with Crippen LogP contribution in [-0.4, -0.2) is 10.8 Å². The summed E-state index contributed by atoms with van der Waals surface area (Å²) in [5, 5.41) is 0. The number of benzene rings is 1. The molecule has 86 valence electrons. The Kier molecular flexibility index (Phi) is 3.19. The maximum Gasteiger partial charge on any atom is 0.219 e. The summed E-state index contributed by atoms with van der Waals surface area (Å²) < 4.78 is 5.38. The summed E-state index contributed by atoms with van der Waals surface area (Å²) in [5.41, 5.74) is 1.46. The SMILES string of the molecule is CC(=O)c1nc(/C=C/c2ccccc2)oc1C. The van der Waals surface area contributed by atoms with Crippen molar-refractivity contribution >= 4 is 17.9 Å². The van der Waals surface area contributed by atoms with Crippen molar-refractivity contribution in [3.63, 3.8) is 0 Å². The van der Waals surface area contributed by atoms with Crippen molar-refractivity contribution < 1.29 is 9.21 Å². The third-order valence-corrected chi connectivity index (χ3v) is 2.36. The van der Waals surface area contributed by atoms with Crippen LogP contribution in [0.25, 0.3) is 12.2 Å². The number of oxazole rings is 1. The van der Waals surface area contributed by atoms with Gasteiger partial charge in [-0.05, 0) is 18.6 Å². The molecule has 1 heterocycles. The maximum absolute atomic E-state index is 11.2. The number of rotatable bonds is 3. The number of aryl methyl sites for hydroxylation is 1. The van der Waals surface area contributed by atoms with Crippen molar-refractivity contribution in [1.82, 2.24) is 4.98 Å². The number of Topliss-reactive ketones (excluding diaryl/α,β-unsaturated/α-hetero) is 1. The molecule has 0 radical (unpaired) electrons. The van der Waals surface area contributed by atoms with E-state index < -0.39 is 0 Å². The van der Waals surface area contributed by atoms with Crippen LogP contribution in [0.3, 0.4) is 0 Å². The minimum atomic E-state index is -0.0781. The van der Waals surface area contributed by atoms with E-state index in [-0.39, 0.29) is 5.78 Å². The molecule has 0 fully saturated rings. The van der Waals surface area contributed by atoms with E-state index in [2.05, 4.69) is 4.98 Å². The molecule has 0 bridgehead atoms. The van der Waals surface area contributed by atoms with E-state index >= 15 is 0 Å². The first-order valence-corrected chi connectivity index (χ1v) is 5.38. The molecule has 0 aliphatic rings. The first kappa shape index (κ1) is 11.3. The number of nitrogens with zero attached hydrogens (tertiary/aromatic N) is 1. The number of hydrogen-bond donors (Lipinski definition) is 0. The molecule has 0 N–H and O–H groups in total. The molecule has 0 aliphatic carbocycles. The van der Waals surface area contributed by atoms with Gasteiger partial charge in [0.1, 0.15) is 11.5 Å². The Labute approximate surface area is 99.8 Å². The Hall–Kier alpha value is -2.16. The normalized spacial score (nSPS) is 10.9. The van der Waals surface area contributed by atoms with E-state index in [1.54, 1.807) is 13.0 Å². The van der Waals surface area contributed by atoms with Gasteiger partial charge in [-0.15, -0.1) is 0 Å². The lowest BCUT2D eigenvalue weighted by molar-refractivity contribution is 0.101. The highest BCUT2D eigenvalue weighted by atomic mass is 16.4. The van der Waals surface area contributed by atoms with E-state index in [0.29, 0.717) is 17.3 Å². The van der Waals surface area contributed by atoms with E-state index in [4.69, 9.17) is 4.42 Å². The molecule has 1 aromatic heterocycles. The predicted octanol–water partition coefficient (Wildman–Crippen LogP) is 3.36. The highest BCUT2D eigenvalue weighted by Gasteiger charge is 2.11. The maximum atomic E-state index is 11.2. The molecule has 0 amide bonds. The number of carbonyl (C=O) groups is 1. The summed E-state index contributed by atoms with van der Waals surface area (Å²) in [6, 6.07) is 9.85. The van der Waals surface area contributed by atoms with Crippen LogP contribution in [-0.2, 0) is 0 Å². The topological polar surface area (TPSA) is 43.1 Å². The van der Waals surface area contributed by atoms with Crippen molar-refractivity contribution in [1.29, 1.82) is 0 Å². The molecule has 3 nitrogen and oxygen atoms in total. The minimum Gasteiger partial charge on any atom is -0.441 e. The molecule has 0 atom stereocenters. The van der Waals surface area contributed by atoms with Crippen molar-refractivity contribution in [2.75, 3.05) is 0 Å². The van der Waals surface area contributed by atoms with Crippen LogP contribution >= 0.6 is 0 Å². The van der Waals surface area contributed by atoms with Gasteiger partial charge in [-0.25, -0.2) is 4.98 Å². The minimum absolute atomic E-state index is 0.0781. The highest BCUT2D eigenvalue weighted by molar-refractivity contribution is 5.93. The van der Waals surface area contributed by atoms with Crippen molar-refractivity contribution in [3.8, 4) is 0 Å². The lowest BCUT2D eigenvalue weighted by Crippen LogP contribution is -1.94. The van der Waals surface area contributed by atoms with E-state index in [1.807, 2.05) is 36.4 Å². The van der Waals surface area contributed by atoms with Crippen LogP contribution in [0.2, 0.25) is 0 Å². The largest absolute Gasteiger partial charge is 0.441 e. The molecule has 17 heavy (non-hydrogen) atoms. The molecular weight excluding hydrogens is 214 g/mol. The van der Waals surface area contributed by atoms with Gasteiger partial charge in [0, 0.05) is 13.0 Å². The second kappa shape index (κ2) is 4.78. The van der Waals surface area contributed by atoms with Crippen molar-refractivity contribution in [2.45, 2.75) is 13.8 Å². The van der Waals surface area contributed by atoms with Gasteiger partial charge in [0.15, 0.2) is 5.78 Å². The predicted molar refractivity (Wildman–Crippen MR) is 66.6 cm³/mol. The fraction of sp³-hybridized carbons (Fsp3) is 0.143. The third kappa shape index (κ3) is 2.69. The second-order valence-corrected chi connectivity index (χ2v) is 3.76. The molecule has 0 saturated heterocycles. The summed E-state index contributed by atoms with van der Waals surface area (Å²) in [6.07, 6.45) is 3.66. The van der Waals surface area contributed by atoms with Crippen molar-refractivity contribution in [3.05, 3.63) is 53.2 Å². The standard InChI is InChI=1S/C14H13NO2/c1-10(16)14-11(2)17-13(15-14)9-8-12-6-4-3-5-7-12/h3-9H,1-2H3/b9-8+. The number of ketones is 1. The number of carbonyl (C=O) groups excluding carboxylic acids is 1. The molecular formula is C14H13NO2. The van der Waals surface area contributed by atoms with Gasteiger partial charge in [0.2, 0.25) is 5.89 Å². The Morgan fingerprint density at radius 3 is 2.53 bits per heavy atom. The Bertz CT molecular complexity index is 553. The lowest BCUT2D eigenvalue weighted by Gasteiger charge is -1.89. The van der Waals surface area contributed by atoms with E-state index in [1.165, 1.54) is 6.92 Å². The zero-order valence-corrected chi connectivity index (χ0v) is 9.81. The summed E-state index contributed by atoms with van der Waals surface area (Å²) in [5.74, 6) is 0.937. The molecule has 0 spiro atoms. The Morgan fingerprint density at radius 2 is 1.94 bits per heavy atom. The highest BCUT2D eigenvalue weighted by Crippen LogP contribution is 2.13. The van der Waals surface area contributed by atoms with Gasteiger partial charge in [-0.1, -0.05) is 30.3 Å². The molecule has 0 unspecified atom stereocenters. The van der Waals surface area contributed by atoms with Crippen LogP contribution in [0.4, 0.5) is 0 Å². The number of aromatic nitrogens is 1. The number of hydrogen-bond acceptors (Lipinski definition) is 3. The molecule has 2 rings (SSSR count). The Balaban J connectivity index is 2.22. The smallest absolute Gasteiger partial charge is 0.219 e. The first-order valence-electron chi connectivity index (χ1n) is 5.38. The molecule has 3 heteroatoms. The summed E-state index contributed by atoms with van der Waals surface area (Å²) in [7, 11) is 0. The summed E-state index contributed by atoms with van der Waals surface area (Å²) in [6.45, 7) is 3.22. The van der Waals surface area contributed by atoms with Gasteiger partial charge in [-0.3, -0.25) is 4.79 Å². The third-order valence-electron chi connectivity index (χ3n) is 2.36. The molecule has 0 aliphatic heterocycles. The lowest BCUT2D eigenvalue weighted by atomic mass is 10.2. The fourth-order valence-electron chi connectivity index (χ4n) is 1.55. The summed E-state index contributed by atoms with van der Waals surface area (Å²) >= 11 is 0. The van der Waals surface area contributed by atoms with E-state index in [0.717, 1.165) is 5.56 Å². The van der Waals surface area contributed by atoms with E-state index in [9.17, 15) is 4.79 Å². The monoisotopic (exact) mass is 227 g/mol. The first-order chi connectivity index (χ1) is 8.16. The quantitative estimate of drug-likeness (QED) is 0.755. The fourth-order valence-corrected chi connectivity index (χ4v) is 1.55. The van der Waals surface area contributed by atoms with Crippen LogP contribution in [0, 0.1) is 6.92 Å². The second-order valence-electron chi connectivity index (χ2n) is 3.76. The molecule has 2 aromatic rings. The van der Waals surface area contributed by atoms with Crippen molar-refractivity contribution in [2.24, 2.45) is 0 Å². The Morgan fingerprint density at radius 1 is 1.24 bits per heavy atom. The van der Waals surface area contributed by atoms with Crippen LogP contribution in [0.1, 0.15) is 34.6 Å². The summed E-state index contributed by atoms with van der Waals surface area (Å²) in [4.78, 5) is 15.3. The average Bonchev–Trinajstić information content (AvgIpc) is 2.69. The van der Waals surface area contributed by atoms with Gasteiger partial charge >= 0.3 is 0 Å². The van der Waals surface area contributed by atoms with Crippen LogP contribution < -0.4 is 0 Å². The van der Waals surface area contributed by atoms with Gasteiger partial charge < -0.3 is 4.42 Å². The molecule has 0 saturated carbocycles. The van der Waals surface area contributed by atoms with Gasteiger partial charge in [0.05, 0.1) is 0 Å². The van der Waals surface area contributed by atoms with Gasteiger partial charge in [0.25, 0.3) is 0 Å². The zero-order valence-electron chi connectivity index (χ0n) is 9.81. The molecule has 1 aromatic carbocycles. The van der Waals surface area contributed by atoms with Crippen LogP contribution in [0.5, 0.6) is 0 Å². The zero-order chi connectivity index (χ0) is 12.3. The average molecular weight is 227 g/mol.